The highest BCUT2D eigenvalue weighted by Crippen LogP contribution is 2.32. The average Bonchev–Trinajstić information content (AvgIpc) is 3.14. The van der Waals surface area contributed by atoms with Crippen molar-refractivity contribution in [2.45, 2.75) is 9.79 Å². The lowest BCUT2D eigenvalue weighted by Gasteiger charge is -2.09. The zero-order chi connectivity index (χ0) is 18.3. The smallest absolute Gasteiger partial charge is 0.225 e. The van der Waals surface area contributed by atoms with Crippen LogP contribution in [0.2, 0.25) is 10.0 Å². The lowest BCUT2D eigenvalue weighted by molar-refractivity contribution is 0.574. The van der Waals surface area contributed by atoms with Crippen molar-refractivity contribution in [2.24, 2.45) is 0 Å². The van der Waals surface area contributed by atoms with Crippen molar-refractivity contribution in [2.75, 3.05) is 0 Å². The van der Waals surface area contributed by atoms with Gasteiger partial charge in [0.05, 0.1) is 16.0 Å². The first-order valence-electron chi connectivity index (χ1n) is 7.51. The standard InChI is InChI=1S/C19H10Cl2NO3S/c20-14-9-15(21)11-16(10-14)26(23,24)18-3-1-2-12-8-13(4-5-17(12)18)19-22-6-7-25-19/h1-2,4-11H. The average molecular weight is 403 g/mol. The van der Waals surface area contributed by atoms with Gasteiger partial charge in [-0.25, -0.2) is 13.4 Å². The van der Waals surface area contributed by atoms with E-state index in [0.717, 1.165) is 10.9 Å². The third kappa shape index (κ3) is 2.98. The van der Waals surface area contributed by atoms with Crippen LogP contribution in [0.5, 0.6) is 0 Å². The van der Waals surface area contributed by atoms with E-state index in [1.807, 2.05) is 6.07 Å². The molecule has 3 aromatic carbocycles. The predicted molar refractivity (Wildman–Crippen MR) is 100 cm³/mol. The summed E-state index contributed by atoms with van der Waals surface area (Å²) in [5.74, 6) is 0.464. The molecular formula is C19H10Cl2NO3S. The molecule has 0 atom stereocenters. The highest BCUT2D eigenvalue weighted by Gasteiger charge is 2.22. The molecule has 1 heterocycles. The van der Waals surface area contributed by atoms with E-state index in [2.05, 4.69) is 11.1 Å². The Hall–Kier alpha value is -2.34. The summed E-state index contributed by atoms with van der Waals surface area (Å²) in [4.78, 5) is 4.20. The van der Waals surface area contributed by atoms with Gasteiger partial charge < -0.3 is 4.42 Å². The molecule has 129 valence electrons. The van der Waals surface area contributed by atoms with E-state index in [9.17, 15) is 8.42 Å². The van der Waals surface area contributed by atoms with Gasteiger partial charge in [0.25, 0.3) is 0 Å². The number of nitrogens with zero attached hydrogens (tertiary/aromatic N) is 1. The third-order valence-corrected chi connectivity index (χ3v) is 6.04. The minimum Gasteiger partial charge on any atom is -0.445 e. The topological polar surface area (TPSA) is 60.2 Å². The summed E-state index contributed by atoms with van der Waals surface area (Å²) in [5.41, 5.74) is 0.753. The van der Waals surface area contributed by atoms with Gasteiger partial charge in [0.15, 0.2) is 0 Å². The molecule has 26 heavy (non-hydrogen) atoms. The summed E-state index contributed by atoms with van der Waals surface area (Å²) in [7, 11) is -3.84. The molecule has 0 fully saturated rings. The van der Waals surface area contributed by atoms with Gasteiger partial charge in [-0.15, -0.1) is 0 Å². The van der Waals surface area contributed by atoms with Crippen LogP contribution in [0.25, 0.3) is 22.2 Å². The highest BCUT2D eigenvalue weighted by molar-refractivity contribution is 7.91. The van der Waals surface area contributed by atoms with Crippen molar-refractivity contribution in [1.82, 2.24) is 4.98 Å². The lowest BCUT2D eigenvalue weighted by atomic mass is 10.1. The van der Waals surface area contributed by atoms with Gasteiger partial charge >= 0.3 is 0 Å². The monoisotopic (exact) mass is 402 g/mol. The molecule has 4 rings (SSSR count). The van der Waals surface area contributed by atoms with Crippen LogP contribution in [-0.4, -0.2) is 13.4 Å². The van der Waals surface area contributed by atoms with Gasteiger partial charge in [0.2, 0.25) is 15.7 Å². The van der Waals surface area contributed by atoms with Crippen LogP contribution in [0.4, 0.5) is 0 Å². The largest absolute Gasteiger partial charge is 0.445 e. The van der Waals surface area contributed by atoms with Gasteiger partial charge in [0, 0.05) is 27.1 Å². The van der Waals surface area contributed by atoms with E-state index < -0.39 is 9.84 Å². The number of fused-ring (bicyclic) bond motifs is 1. The van der Waals surface area contributed by atoms with Crippen molar-refractivity contribution >= 4 is 43.8 Å². The molecule has 7 heteroatoms. The SMILES string of the molecule is O=S(=O)(c1cc(Cl)cc(Cl)c1)c1[c]ccc2cc(-c3ncco3)ccc12. The fraction of sp³-hybridized carbons (Fsp3) is 0. The molecule has 0 bridgehead atoms. The van der Waals surface area contributed by atoms with Crippen molar-refractivity contribution in [3.63, 3.8) is 0 Å². The van der Waals surface area contributed by atoms with Crippen molar-refractivity contribution in [1.29, 1.82) is 0 Å². The molecule has 4 aromatic rings. The number of oxazole rings is 1. The number of hydrogen-bond acceptors (Lipinski definition) is 4. The maximum Gasteiger partial charge on any atom is 0.225 e. The fourth-order valence-corrected chi connectivity index (χ4v) is 4.87. The first-order valence-corrected chi connectivity index (χ1v) is 9.74. The van der Waals surface area contributed by atoms with Gasteiger partial charge in [-0.05, 0) is 35.7 Å². The number of halogens is 2. The second-order valence-electron chi connectivity index (χ2n) is 5.55. The van der Waals surface area contributed by atoms with Gasteiger partial charge in [-0.2, -0.15) is 0 Å². The molecule has 0 unspecified atom stereocenters. The number of hydrogen-bond donors (Lipinski definition) is 0. The van der Waals surface area contributed by atoms with Crippen LogP contribution in [0.3, 0.4) is 0 Å². The van der Waals surface area contributed by atoms with Crippen molar-refractivity contribution in [3.8, 4) is 11.5 Å². The second kappa shape index (κ2) is 6.43. The second-order valence-corrected chi connectivity index (χ2v) is 8.31. The first kappa shape index (κ1) is 17.1. The Balaban J connectivity index is 1.91. The lowest BCUT2D eigenvalue weighted by Crippen LogP contribution is -2.03. The van der Waals surface area contributed by atoms with Crippen LogP contribution < -0.4 is 0 Å². The normalized spacial score (nSPS) is 11.8. The molecular weight excluding hydrogens is 393 g/mol. The van der Waals surface area contributed by atoms with Gasteiger partial charge in [0.1, 0.15) is 6.26 Å². The van der Waals surface area contributed by atoms with E-state index in [-0.39, 0.29) is 19.8 Å². The quantitative estimate of drug-likeness (QED) is 0.457. The molecule has 0 N–H and O–H groups in total. The molecule has 0 aliphatic carbocycles. The van der Waals surface area contributed by atoms with Crippen LogP contribution >= 0.6 is 23.2 Å². The molecule has 0 spiro atoms. The summed E-state index contributed by atoms with van der Waals surface area (Å²) < 4.78 is 31.5. The number of sulfone groups is 1. The zero-order valence-electron chi connectivity index (χ0n) is 13.1. The molecule has 0 saturated heterocycles. The van der Waals surface area contributed by atoms with Crippen molar-refractivity contribution in [3.05, 3.63) is 77.1 Å². The zero-order valence-corrected chi connectivity index (χ0v) is 15.4. The summed E-state index contributed by atoms with van der Waals surface area (Å²) >= 11 is 11.9. The molecule has 1 aromatic heterocycles. The van der Waals surface area contributed by atoms with E-state index >= 15 is 0 Å². The summed E-state index contributed by atoms with van der Waals surface area (Å²) in [6.45, 7) is 0. The molecule has 0 aliphatic rings. The van der Waals surface area contributed by atoms with E-state index in [1.54, 1.807) is 30.5 Å². The van der Waals surface area contributed by atoms with Crippen LogP contribution in [0.15, 0.2) is 75.2 Å². The Labute approximate surface area is 159 Å². The molecule has 4 nitrogen and oxygen atoms in total. The van der Waals surface area contributed by atoms with Crippen LogP contribution in [-0.2, 0) is 9.84 Å². The molecule has 0 aliphatic heterocycles. The maximum atomic E-state index is 13.1. The summed E-state index contributed by atoms with van der Waals surface area (Å²) in [6.07, 6.45) is 3.04. The molecule has 1 radical (unpaired) electrons. The predicted octanol–water partition coefficient (Wildman–Crippen LogP) is 5.43. The first-order chi connectivity index (χ1) is 12.4. The highest BCUT2D eigenvalue weighted by atomic mass is 35.5. The summed E-state index contributed by atoms with van der Waals surface area (Å²) in [6, 6.07) is 15.7. The van der Waals surface area contributed by atoms with Gasteiger partial charge in [-0.1, -0.05) is 41.4 Å². The maximum absolute atomic E-state index is 13.1. The van der Waals surface area contributed by atoms with Gasteiger partial charge in [-0.3, -0.25) is 0 Å². The minimum atomic E-state index is -3.84. The van der Waals surface area contributed by atoms with E-state index in [1.165, 1.54) is 24.5 Å². The Morgan fingerprint density at radius 1 is 1.00 bits per heavy atom. The van der Waals surface area contributed by atoms with E-state index in [4.69, 9.17) is 27.6 Å². The Morgan fingerprint density at radius 3 is 2.46 bits per heavy atom. The number of aromatic nitrogens is 1. The number of benzene rings is 3. The molecule has 0 amide bonds. The van der Waals surface area contributed by atoms with Crippen LogP contribution in [0.1, 0.15) is 0 Å². The molecule has 0 saturated carbocycles. The fourth-order valence-electron chi connectivity index (χ4n) is 2.72. The third-order valence-electron chi connectivity index (χ3n) is 3.87. The van der Waals surface area contributed by atoms with Crippen LogP contribution in [0, 0.1) is 6.07 Å². The van der Waals surface area contributed by atoms with Crippen molar-refractivity contribution < 1.29 is 12.8 Å². The Kier molecular flexibility index (Phi) is 4.23. The van der Waals surface area contributed by atoms with E-state index in [0.29, 0.717) is 11.3 Å². The number of rotatable bonds is 3. The summed E-state index contributed by atoms with van der Waals surface area (Å²) in [5, 5.41) is 1.77. The Morgan fingerprint density at radius 2 is 1.77 bits per heavy atom. The minimum absolute atomic E-state index is 0.0236. The Bertz CT molecular complexity index is 1200.